The average molecular weight is 408 g/mol. The van der Waals surface area contributed by atoms with Crippen LogP contribution in [0.1, 0.15) is 55.2 Å². The highest BCUT2D eigenvalue weighted by molar-refractivity contribution is 5.82. The molecule has 0 unspecified atom stereocenters. The van der Waals surface area contributed by atoms with Crippen molar-refractivity contribution in [2.75, 3.05) is 0 Å². The molecule has 0 radical (unpaired) electrons. The molecule has 4 aliphatic carbocycles. The molecule has 0 saturated heterocycles. The summed E-state index contributed by atoms with van der Waals surface area (Å²) in [7, 11) is 0. The van der Waals surface area contributed by atoms with Crippen LogP contribution in [0.4, 0.5) is 5.69 Å². The van der Waals surface area contributed by atoms with Gasteiger partial charge in [0.2, 0.25) is 0 Å². The maximum Gasteiger partial charge on any atom is 0.115 e. The van der Waals surface area contributed by atoms with E-state index in [1.165, 1.54) is 44.1 Å². The zero-order chi connectivity index (χ0) is 20.9. The number of aromatic hydroxyl groups is 1. The van der Waals surface area contributed by atoms with Crippen molar-refractivity contribution in [2.45, 2.75) is 49.4 Å². The van der Waals surface area contributed by atoms with Crippen molar-refractivity contribution in [3.63, 3.8) is 0 Å². The van der Waals surface area contributed by atoms with E-state index in [0.717, 1.165) is 23.1 Å². The Labute approximate surface area is 184 Å². The summed E-state index contributed by atoms with van der Waals surface area (Å²) in [4.78, 5) is 4.65. The van der Waals surface area contributed by atoms with Gasteiger partial charge in [-0.05, 0) is 114 Å². The number of hydrogen-bond acceptors (Lipinski definition) is 2. The molecule has 2 atom stereocenters. The number of benzene rings is 3. The Morgan fingerprint density at radius 3 is 1.90 bits per heavy atom. The molecule has 0 amide bonds. The number of aliphatic imine (C=N–C) groups is 1. The second-order valence-electron chi connectivity index (χ2n) is 10.3. The van der Waals surface area contributed by atoms with E-state index < -0.39 is 0 Å². The van der Waals surface area contributed by atoms with Crippen molar-refractivity contribution in [1.29, 1.82) is 0 Å². The maximum atomic E-state index is 9.44. The smallest absolute Gasteiger partial charge is 0.115 e. The zero-order valence-corrected chi connectivity index (χ0v) is 17.9. The molecule has 1 N–H and O–H groups in total. The third-order valence-corrected chi connectivity index (χ3v) is 8.18. The molecule has 0 aromatic heterocycles. The molecule has 4 aliphatic rings. The van der Waals surface area contributed by atoms with Crippen LogP contribution in [0, 0.1) is 11.8 Å². The third-order valence-electron chi connectivity index (χ3n) is 8.18. The quantitative estimate of drug-likeness (QED) is 0.467. The van der Waals surface area contributed by atoms with E-state index in [1.807, 2.05) is 18.3 Å². The van der Waals surface area contributed by atoms with Gasteiger partial charge >= 0.3 is 0 Å². The van der Waals surface area contributed by atoms with Crippen LogP contribution in [0.3, 0.4) is 0 Å². The van der Waals surface area contributed by atoms with E-state index in [2.05, 4.69) is 59.6 Å². The molecule has 4 fully saturated rings. The average Bonchev–Trinajstić information content (AvgIpc) is 2.79. The molecule has 4 saturated carbocycles. The van der Waals surface area contributed by atoms with Crippen LogP contribution in [-0.4, -0.2) is 11.3 Å². The molecule has 0 aliphatic heterocycles. The molecular formula is C29H29NO. The van der Waals surface area contributed by atoms with Crippen LogP contribution in [0.2, 0.25) is 0 Å². The van der Waals surface area contributed by atoms with Gasteiger partial charge in [-0.1, -0.05) is 42.5 Å². The number of phenolic OH excluding ortho intramolecular Hbond substituents is 1. The Balaban J connectivity index is 1.29. The standard InChI is InChI=1S/C29H29NO/c31-27-12-6-21(7-13-27)19-30-26-10-8-25(9-11-26)29-17-22-14-23(18-29)16-28(15-22,20-29)24-4-2-1-3-5-24/h1-13,19,22-23,31H,14-18,20H2/t22-,23-,28?,29?/m0/s1. The van der Waals surface area contributed by atoms with Gasteiger partial charge < -0.3 is 5.11 Å². The summed E-state index contributed by atoms with van der Waals surface area (Å²) in [6.07, 6.45) is 10.1. The Kier molecular flexibility index (Phi) is 4.31. The second kappa shape index (κ2) is 7.09. The lowest BCUT2D eigenvalue weighted by atomic mass is 9.42. The van der Waals surface area contributed by atoms with E-state index in [0.29, 0.717) is 10.8 Å². The van der Waals surface area contributed by atoms with Crippen LogP contribution in [0.25, 0.3) is 0 Å². The molecule has 3 aromatic carbocycles. The Bertz CT molecular complexity index is 1080. The Morgan fingerprint density at radius 2 is 1.29 bits per heavy atom. The molecule has 0 spiro atoms. The Hall–Kier alpha value is -2.87. The molecule has 2 nitrogen and oxygen atoms in total. The molecular weight excluding hydrogens is 378 g/mol. The molecule has 31 heavy (non-hydrogen) atoms. The molecule has 0 heterocycles. The predicted molar refractivity (Wildman–Crippen MR) is 126 cm³/mol. The van der Waals surface area contributed by atoms with E-state index >= 15 is 0 Å². The summed E-state index contributed by atoms with van der Waals surface area (Å²) in [5.41, 5.74) is 5.78. The zero-order valence-electron chi connectivity index (χ0n) is 17.9. The third kappa shape index (κ3) is 3.29. The lowest BCUT2D eigenvalue weighted by Gasteiger charge is -2.62. The van der Waals surface area contributed by atoms with Gasteiger partial charge in [-0.3, -0.25) is 4.99 Å². The minimum Gasteiger partial charge on any atom is -0.508 e. The number of hydrogen-bond donors (Lipinski definition) is 1. The second-order valence-corrected chi connectivity index (χ2v) is 10.3. The first kappa shape index (κ1) is 18.9. The van der Waals surface area contributed by atoms with E-state index in [9.17, 15) is 5.11 Å². The van der Waals surface area contributed by atoms with Gasteiger partial charge in [0, 0.05) is 6.21 Å². The lowest BCUT2D eigenvalue weighted by molar-refractivity contribution is -0.0281. The first-order valence-electron chi connectivity index (χ1n) is 11.6. The van der Waals surface area contributed by atoms with Crippen molar-refractivity contribution in [1.82, 2.24) is 0 Å². The fourth-order valence-electron chi connectivity index (χ4n) is 7.34. The SMILES string of the molecule is Oc1ccc(C=Nc2ccc(C34C[C@H]5C[C@@H](CC(c6ccccc6)(C5)C3)C4)cc2)cc1. The molecule has 156 valence electrons. The van der Waals surface area contributed by atoms with E-state index in [1.54, 1.807) is 17.7 Å². The normalized spacial score (nSPS) is 31.4. The first-order chi connectivity index (χ1) is 15.1. The van der Waals surface area contributed by atoms with Gasteiger partial charge in [-0.15, -0.1) is 0 Å². The fourth-order valence-corrected chi connectivity index (χ4v) is 7.34. The number of phenols is 1. The number of nitrogens with zero attached hydrogens (tertiary/aromatic N) is 1. The van der Waals surface area contributed by atoms with Gasteiger partial charge in [0.05, 0.1) is 5.69 Å². The van der Waals surface area contributed by atoms with Crippen molar-refractivity contribution in [3.05, 3.63) is 95.6 Å². The summed E-state index contributed by atoms with van der Waals surface area (Å²) in [6, 6.07) is 27.5. The summed E-state index contributed by atoms with van der Waals surface area (Å²) in [5, 5.41) is 9.44. The number of rotatable bonds is 4. The molecule has 7 rings (SSSR count). The van der Waals surface area contributed by atoms with Crippen LogP contribution < -0.4 is 0 Å². The van der Waals surface area contributed by atoms with Crippen molar-refractivity contribution in [3.8, 4) is 5.75 Å². The molecule has 4 bridgehead atoms. The lowest BCUT2D eigenvalue weighted by Crippen LogP contribution is -2.55. The topological polar surface area (TPSA) is 32.6 Å². The summed E-state index contributed by atoms with van der Waals surface area (Å²) < 4.78 is 0. The van der Waals surface area contributed by atoms with Crippen LogP contribution in [-0.2, 0) is 10.8 Å². The maximum absolute atomic E-state index is 9.44. The van der Waals surface area contributed by atoms with E-state index in [-0.39, 0.29) is 5.75 Å². The van der Waals surface area contributed by atoms with Crippen LogP contribution in [0.15, 0.2) is 83.9 Å². The van der Waals surface area contributed by atoms with Gasteiger partial charge in [-0.25, -0.2) is 0 Å². The summed E-state index contributed by atoms with van der Waals surface area (Å²) >= 11 is 0. The van der Waals surface area contributed by atoms with Gasteiger partial charge in [-0.2, -0.15) is 0 Å². The minimum atomic E-state index is 0.283. The summed E-state index contributed by atoms with van der Waals surface area (Å²) in [6.45, 7) is 0. The largest absolute Gasteiger partial charge is 0.508 e. The van der Waals surface area contributed by atoms with Crippen molar-refractivity contribution < 1.29 is 5.11 Å². The fraction of sp³-hybridized carbons (Fsp3) is 0.345. The predicted octanol–water partition coefficient (Wildman–Crippen LogP) is 6.93. The highest BCUT2D eigenvalue weighted by Gasteiger charge is 2.58. The first-order valence-corrected chi connectivity index (χ1v) is 11.6. The summed E-state index contributed by atoms with van der Waals surface area (Å²) in [5.74, 6) is 2.02. The van der Waals surface area contributed by atoms with Crippen LogP contribution >= 0.6 is 0 Å². The van der Waals surface area contributed by atoms with Gasteiger partial charge in [0.15, 0.2) is 0 Å². The minimum absolute atomic E-state index is 0.283. The van der Waals surface area contributed by atoms with Crippen molar-refractivity contribution >= 4 is 11.9 Å². The highest BCUT2D eigenvalue weighted by Crippen LogP contribution is 2.66. The molecule has 2 heteroatoms. The monoisotopic (exact) mass is 407 g/mol. The van der Waals surface area contributed by atoms with Gasteiger partial charge in [0.25, 0.3) is 0 Å². The Morgan fingerprint density at radius 1 is 0.710 bits per heavy atom. The molecule has 3 aromatic rings. The highest BCUT2D eigenvalue weighted by atomic mass is 16.3. The van der Waals surface area contributed by atoms with Crippen molar-refractivity contribution in [2.24, 2.45) is 16.8 Å². The van der Waals surface area contributed by atoms with Crippen LogP contribution in [0.5, 0.6) is 5.75 Å². The van der Waals surface area contributed by atoms with E-state index in [4.69, 9.17) is 0 Å². The van der Waals surface area contributed by atoms with Gasteiger partial charge in [0.1, 0.15) is 5.75 Å².